The number of aryl methyl sites for hydroxylation is 3. The van der Waals surface area contributed by atoms with Crippen molar-refractivity contribution in [3.8, 4) is 0 Å². The molecule has 0 saturated carbocycles. The number of hydrogen-bond donors (Lipinski definition) is 1. The second-order valence-corrected chi connectivity index (χ2v) is 6.30. The Balaban J connectivity index is 2.43. The Labute approximate surface area is 123 Å². The Morgan fingerprint density at radius 1 is 1.37 bits per heavy atom. The maximum atomic E-state index is 6.03. The van der Waals surface area contributed by atoms with Gasteiger partial charge in [0.05, 0.1) is 11.7 Å². The highest BCUT2D eigenvalue weighted by molar-refractivity contribution is 7.11. The summed E-state index contributed by atoms with van der Waals surface area (Å²) in [5.74, 6) is 0. The average molecular weight is 295 g/mol. The van der Waals surface area contributed by atoms with Crippen LogP contribution in [0.3, 0.4) is 0 Å². The lowest BCUT2D eigenvalue weighted by molar-refractivity contribution is 0.679. The van der Waals surface area contributed by atoms with E-state index in [-0.39, 0.29) is 6.04 Å². The van der Waals surface area contributed by atoms with Crippen LogP contribution < -0.4 is 5.32 Å². The lowest BCUT2D eigenvalue weighted by Gasteiger charge is -2.16. The molecule has 0 amide bonds. The first-order valence-electron chi connectivity index (χ1n) is 6.46. The summed E-state index contributed by atoms with van der Waals surface area (Å²) in [6, 6.07) is 6.17. The number of nitrogens with one attached hydrogen (secondary N) is 1. The SMILES string of the molecule is CCc1nc(C(NC)c2ccc(Cl)cc2C)sc1C. The van der Waals surface area contributed by atoms with Gasteiger partial charge in [-0.2, -0.15) is 0 Å². The van der Waals surface area contributed by atoms with Gasteiger partial charge in [0, 0.05) is 9.90 Å². The van der Waals surface area contributed by atoms with Crippen molar-refractivity contribution >= 4 is 22.9 Å². The van der Waals surface area contributed by atoms with Crippen molar-refractivity contribution in [2.75, 3.05) is 7.05 Å². The van der Waals surface area contributed by atoms with Gasteiger partial charge < -0.3 is 5.32 Å². The van der Waals surface area contributed by atoms with E-state index in [2.05, 4.69) is 32.2 Å². The average Bonchev–Trinajstić information content (AvgIpc) is 2.74. The van der Waals surface area contributed by atoms with E-state index in [1.165, 1.54) is 21.7 Å². The summed E-state index contributed by atoms with van der Waals surface area (Å²) < 4.78 is 0. The molecule has 2 nitrogen and oxygen atoms in total. The summed E-state index contributed by atoms with van der Waals surface area (Å²) in [6.07, 6.45) is 0.984. The molecule has 0 aliphatic rings. The molecule has 1 atom stereocenters. The zero-order chi connectivity index (χ0) is 14.0. The minimum atomic E-state index is 0.140. The normalized spacial score (nSPS) is 12.7. The number of nitrogens with zero attached hydrogens (tertiary/aromatic N) is 1. The molecule has 0 spiro atoms. The fraction of sp³-hybridized carbons (Fsp3) is 0.400. The first-order chi connectivity index (χ1) is 9.06. The van der Waals surface area contributed by atoms with Crippen LogP contribution in [0.1, 0.15) is 39.7 Å². The molecule has 102 valence electrons. The molecule has 1 heterocycles. The van der Waals surface area contributed by atoms with Gasteiger partial charge in [-0.1, -0.05) is 24.6 Å². The van der Waals surface area contributed by atoms with Gasteiger partial charge in [-0.3, -0.25) is 0 Å². The number of rotatable bonds is 4. The summed E-state index contributed by atoms with van der Waals surface area (Å²) in [7, 11) is 1.97. The molecule has 0 fully saturated rings. The van der Waals surface area contributed by atoms with E-state index in [1.54, 1.807) is 11.3 Å². The van der Waals surface area contributed by atoms with Gasteiger partial charge in [-0.15, -0.1) is 11.3 Å². The third-order valence-corrected chi connectivity index (χ3v) is 4.64. The van der Waals surface area contributed by atoms with Gasteiger partial charge >= 0.3 is 0 Å². The number of halogens is 1. The highest BCUT2D eigenvalue weighted by Crippen LogP contribution is 2.30. The maximum absolute atomic E-state index is 6.03. The molecule has 1 aromatic carbocycles. The fourth-order valence-corrected chi connectivity index (χ4v) is 3.64. The highest BCUT2D eigenvalue weighted by atomic mass is 35.5. The number of aromatic nitrogens is 1. The number of thiazole rings is 1. The Morgan fingerprint density at radius 2 is 2.11 bits per heavy atom. The zero-order valence-electron chi connectivity index (χ0n) is 11.7. The van der Waals surface area contributed by atoms with Gasteiger partial charge in [0.1, 0.15) is 5.01 Å². The second-order valence-electron chi connectivity index (χ2n) is 4.63. The highest BCUT2D eigenvalue weighted by Gasteiger charge is 2.19. The van der Waals surface area contributed by atoms with Crippen molar-refractivity contribution < 1.29 is 0 Å². The van der Waals surface area contributed by atoms with Gasteiger partial charge in [0.25, 0.3) is 0 Å². The fourth-order valence-electron chi connectivity index (χ4n) is 2.28. The first kappa shape index (κ1) is 14.5. The Hall–Kier alpha value is -0.900. The standard InChI is InChI=1S/C15H19ClN2S/c1-5-13-10(3)19-15(18-13)14(17-4)12-7-6-11(16)8-9(12)2/h6-8,14,17H,5H2,1-4H3. The maximum Gasteiger partial charge on any atom is 0.115 e. The van der Waals surface area contributed by atoms with Crippen LogP contribution >= 0.6 is 22.9 Å². The molecule has 0 aliphatic heterocycles. The molecule has 0 radical (unpaired) electrons. The van der Waals surface area contributed by atoms with E-state index < -0.39 is 0 Å². The van der Waals surface area contributed by atoms with Crippen LogP contribution in [0.25, 0.3) is 0 Å². The van der Waals surface area contributed by atoms with E-state index in [0.717, 1.165) is 16.5 Å². The molecule has 0 aliphatic carbocycles. The van der Waals surface area contributed by atoms with Crippen LogP contribution in [0.5, 0.6) is 0 Å². The molecule has 4 heteroatoms. The lowest BCUT2D eigenvalue weighted by Crippen LogP contribution is -2.18. The quantitative estimate of drug-likeness (QED) is 0.910. The summed E-state index contributed by atoms with van der Waals surface area (Å²) >= 11 is 7.80. The summed E-state index contributed by atoms with van der Waals surface area (Å²) in [6.45, 7) is 6.38. The van der Waals surface area contributed by atoms with Gasteiger partial charge in [0.2, 0.25) is 0 Å². The molecule has 2 aromatic rings. The largest absolute Gasteiger partial charge is 0.307 e. The Morgan fingerprint density at radius 3 is 2.63 bits per heavy atom. The van der Waals surface area contributed by atoms with Crippen molar-refractivity contribution in [2.45, 2.75) is 33.2 Å². The van der Waals surface area contributed by atoms with Gasteiger partial charge in [0.15, 0.2) is 0 Å². The zero-order valence-corrected chi connectivity index (χ0v) is 13.3. The smallest absolute Gasteiger partial charge is 0.115 e. The van der Waals surface area contributed by atoms with E-state index >= 15 is 0 Å². The van der Waals surface area contributed by atoms with Crippen LogP contribution in [0, 0.1) is 13.8 Å². The molecule has 1 unspecified atom stereocenters. The number of hydrogen-bond acceptors (Lipinski definition) is 3. The monoisotopic (exact) mass is 294 g/mol. The van der Waals surface area contributed by atoms with Crippen molar-refractivity contribution in [1.82, 2.24) is 10.3 Å². The third kappa shape index (κ3) is 2.99. The molecule has 1 aromatic heterocycles. The van der Waals surface area contributed by atoms with Crippen molar-refractivity contribution in [2.24, 2.45) is 0 Å². The molecule has 2 rings (SSSR count). The minimum absolute atomic E-state index is 0.140. The van der Waals surface area contributed by atoms with Crippen molar-refractivity contribution in [3.05, 3.63) is 49.9 Å². The Bertz CT molecular complexity index is 578. The van der Waals surface area contributed by atoms with Crippen LogP contribution in [0.15, 0.2) is 18.2 Å². The summed E-state index contributed by atoms with van der Waals surface area (Å²) in [5, 5.41) is 5.27. The predicted molar refractivity (Wildman–Crippen MR) is 83.3 cm³/mol. The third-order valence-electron chi connectivity index (χ3n) is 3.32. The topological polar surface area (TPSA) is 24.9 Å². The molecule has 1 N–H and O–H groups in total. The molecule has 0 saturated heterocycles. The van der Waals surface area contributed by atoms with E-state index in [9.17, 15) is 0 Å². The van der Waals surface area contributed by atoms with E-state index in [0.29, 0.717) is 0 Å². The molecular formula is C15H19ClN2S. The number of benzene rings is 1. The molecular weight excluding hydrogens is 276 g/mol. The Kier molecular flexibility index (Phi) is 4.61. The van der Waals surface area contributed by atoms with Crippen LogP contribution in [0.4, 0.5) is 0 Å². The predicted octanol–water partition coefficient (Wildman–Crippen LogP) is 4.28. The van der Waals surface area contributed by atoms with Crippen molar-refractivity contribution in [3.63, 3.8) is 0 Å². The minimum Gasteiger partial charge on any atom is -0.307 e. The summed E-state index contributed by atoms with van der Waals surface area (Å²) in [5.41, 5.74) is 3.63. The van der Waals surface area contributed by atoms with E-state index in [1.807, 2.05) is 19.2 Å². The van der Waals surface area contributed by atoms with Crippen molar-refractivity contribution in [1.29, 1.82) is 0 Å². The van der Waals surface area contributed by atoms with Crippen LogP contribution in [0.2, 0.25) is 5.02 Å². The molecule has 0 bridgehead atoms. The molecule has 19 heavy (non-hydrogen) atoms. The van der Waals surface area contributed by atoms with Gasteiger partial charge in [-0.05, 0) is 50.6 Å². The van der Waals surface area contributed by atoms with Crippen LogP contribution in [-0.4, -0.2) is 12.0 Å². The second kappa shape index (κ2) is 6.04. The van der Waals surface area contributed by atoms with Crippen LogP contribution in [-0.2, 0) is 6.42 Å². The van der Waals surface area contributed by atoms with E-state index in [4.69, 9.17) is 16.6 Å². The first-order valence-corrected chi connectivity index (χ1v) is 7.65. The van der Waals surface area contributed by atoms with Gasteiger partial charge in [-0.25, -0.2) is 4.98 Å². The lowest BCUT2D eigenvalue weighted by atomic mass is 10.0. The summed E-state index contributed by atoms with van der Waals surface area (Å²) in [4.78, 5) is 6.07.